The first kappa shape index (κ1) is 18.9. The summed E-state index contributed by atoms with van der Waals surface area (Å²) in [6.07, 6.45) is 6.22. The molecule has 5 rings (SSSR count). The van der Waals surface area contributed by atoms with Gasteiger partial charge < -0.3 is 10.6 Å². The van der Waals surface area contributed by atoms with Crippen LogP contribution >= 0.6 is 22.9 Å². The first-order valence-corrected chi connectivity index (χ1v) is 11.1. The van der Waals surface area contributed by atoms with E-state index in [-0.39, 0.29) is 5.02 Å². The molecule has 0 spiro atoms. The predicted octanol–water partition coefficient (Wildman–Crippen LogP) is 5.10. The smallest absolute Gasteiger partial charge is 0.223 e. The number of benzene rings is 1. The summed E-state index contributed by atoms with van der Waals surface area (Å²) in [6.45, 7) is 2.00. The van der Waals surface area contributed by atoms with Crippen LogP contribution in [0.4, 0.5) is 10.3 Å². The topological polar surface area (TPSA) is 62.7 Å². The van der Waals surface area contributed by atoms with Gasteiger partial charge in [0.15, 0.2) is 0 Å². The molecule has 2 N–H and O–H groups in total. The maximum atomic E-state index is 13.7. The van der Waals surface area contributed by atoms with Crippen molar-refractivity contribution < 1.29 is 4.39 Å². The van der Waals surface area contributed by atoms with Crippen LogP contribution in [0.1, 0.15) is 36.6 Å². The van der Waals surface area contributed by atoms with Crippen molar-refractivity contribution in [1.82, 2.24) is 20.3 Å². The van der Waals surface area contributed by atoms with E-state index in [4.69, 9.17) is 21.6 Å². The minimum Gasteiger partial charge on any atom is -0.351 e. The Morgan fingerprint density at radius 3 is 2.69 bits per heavy atom. The summed E-state index contributed by atoms with van der Waals surface area (Å²) in [4.78, 5) is 15.0. The summed E-state index contributed by atoms with van der Waals surface area (Å²) in [5.41, 5.74) is 2.44. The van der Waals surface area contributed by atoms with Crippen LogP contribution in [0, 0.1) is 5.82 Å². The average Bonchev–Trinajstić information content (AvgIpc) is 3.45. The Balaban J connectivity index is 1.58. The van der Waals surface area contributed by atoms with E-state index in [1.54, 1.807) is 29.7 Å². The predicted molar refractivity (Wildman–Crippen MR) is 115 cm³/mol. The number of rotatable bonds is 5. The first-order chi connectivity index (χ1) is 14.2. The highest BCUT2D eigenvalue weighted by Crippen LogP contribution is 2.41. The van der Waals surface area contributed by atoms with Gasteiger partial charge in [-0.15, -0.1) is 11.3 Å². The first-order valence-electron chi connectivity index (χ1n) is 9.94. The van der Waals surface area contributed by atoms with E-state index in [0.717, 1.165) is 65.6 Å². The SMILES string of the molecule is Fc1ccc(-c2nc(C3CCNCC3)sc2-c2ccnc(NC3CC3)n2)cc1Cl. The van der Waals surface area contributed by atoms with Crippen LogP contribution in [-0.2, 0) is 0 Å². The summed E-state index contributed by atoms with van der Waals surface area (Å²) in [5, 5.41) is 7.96. The van der Waals surface area contributed by atoms with Gasteiger partial charge in [0, 0.05) is 23.7 Å². The second-order valence-electron chi connectivity index (χ2n) is 7.57. The van der Waals surface area contributed by atoms with Crippen LogP contribution < -0.4 is 10.6 Å². The van der Waals surface area contributed by atoms with Crippen LogP contribution in [0.5, 0.6) is 0 Å². The summed E-state index contributed by atoms with van der Waals surface area (Å²) in [6, 6.07) is 7.16. The number of piperidine rings is 1. The van der Waals surface area contributed by atoms with Crippen LogP contribution in [0.3, 0.4) is 0 Å². The fraction of sp³-hybridized carbons (Fsp3) is 0.381. The highest BCUT2D eigenvalue weighted by Gasteiger charge is 2.25. The summed E-state index contributed by atoms with van der Waals surface area (Å²) >= 11 is 7.74. The van der Waals surface area contributed by atoms with Crippen LogP contribution in [0.2, 0.25) is 5.02 Å². The molecule has 1 aliphatic carbocycles. The Hall–Kier alpha value is -2.09. The molecule has 8 heteroatoms. The molecule has 0 bridgehead atoms. The zero-order valence-corrected chi connectivity index (χ0v) is 17.4. The van der Waals surface area contributed by atoms with Crippen LogP contribution in [-0.4, -0.2) is 34.1 Å². The van der Waals surface area contributed by atoms with Gasteiger partial charge >= 0.3 is 0 Å². The van der Waals surface area contributed by atoms with Crippen LogP contribution in [0.25, 0.3) is 21.8 Å². The summed E-state index contributed by atoms with van der Waals surface area (Å²) in [7, 11) is 0. The number of thiazole rings is 1. The molecule has 0 amide bonds. The maximum absolute atomic E-state index is 13.7. The third-order valence-electron chi connectivity index (χ3n) is 5.32. The molecular weight excluding hydrogens is 409 g/mol. The molecule has 150 valence electrons. The largest absolute Gasteiger partial charge is 0.351 e. The van der Waals surface area contributed by atoms with Crippen molar-refractivity contribution in [3.63, 3.8) is 0 Å². The third-order valence-corrected chi connectivity index (χ3v) is 6.85. The lowest BCUT2D eigenvalue weighted by Crippen LogP contribution is -2.26. The van der Waals surface area contributed by atoms with Gasteiger partial charge in [-0.25, -0.2) is 19.3 Å². The van der Waals surface area contributed by atoms with Gasteiger partial charge in [0.25, 0.3) is 0 Å². The van der Waals surface area contributed by atoms with E-state index in [1.807, 2.05) is 6.07 Å². The standard InChI is InChI=1S/C21H21ClFN5S/c22-15-11-13(1-4-16(15)23)18-19(29-20(28-18)12-5-8-24-9-6-12)17-7-10-25-21(27-17)26-14-2-3-14/h1,4,7,10-12,14,24H,2-3,5-6,8-9H2,(H,25,26,27). The van der Waals surface area contributed by atoms with E-state index in [2.05, 4.69) is 15.6 Å². The maximum Gasteiger partial charge on any atom is 0.223 e. The number of halogens is 2. The molecule has 5 nitrogen and oxygen atoms in total. The minimum atomic E-state index is -0.427. The number of hydrogen-bond acceptors (Lipinski definition) is 6. The molecule has 1 aromatic carbocycles. The second kappa shape index (κ2) is 7.97. The Labute approximate surface area is 177 Å². The number of aromatic nitrogens is 3. The highest BCUT2D eigenvalue weighted by atomic mass is 35.5. The zero-order chi connectivity index (χ0) is 19.8. The summed E-state index contributed by atoms with van der Waals surface area (Å²) < 4.78 is 13.7. The fourth-order valence-electron chi connectivity index (χ4n) is 3.56. The Bertz CT molecular complexity index is 1030. The number of hydrogen-bond donors (Lipinski definition) is 2. The molecule has 0 radical (unpaired) electrons. The van der Waals surface area contributed by atoms with Gasteiger partial charge in [-0.05, 0) is 63.0 Å². The quantitative estimate of drug-likeness (QED) is 0.590. The molecule has 2 aromatic heterocycles. The van der Waals surface area contributed by atoms with Crippen molar-refractivity contribution in [2.24, 2.45) is 0 Å². The molecule has 0 unspecified atom stereocenters. The van der Waals surface area contributed by atoms with E-state index >= 15 is 0 Å². The number of anilines is 1. The lowest BCUT2D eigenvalue weighted by molar-refractivity contribution is 0.459. The molecule has 2 fully saturated rings. The van der Waals surface area contributed by atoms with Crippen molar-refractivity contribution in [2.45, 2.75) is 37.6 Å². The monoisotopic (exact) mass is 429 g/mol. The van der Waals surface area contributed by atoms with Crippen LogP contribution in [0.15, 0.2) is 30.5 Å². The van der Waals surface area contributed by atoms with E-state index in [9.17, 15) is 4.39 Å². The van der Waals surface area contributed by atoms with Gasteiger partial charge in [0.2, 0.25) is 5.95 Å². The highest BCUT2D eigenvalue weighted by molar-refractivity contribution is 7.15. The van der Waals surface area contributed by atoms with Gasteiger partial charge in [0.05, 0.1) is 26.3 Å². The second-order valence-corrected chi connectivity index (χ2v) is 9.00. The Morgan fingerprint density at radius 2 is 1.93 bits per heavy atom. The van der Waals surface area contributed by atoms with Gasteiger partial charge in [-0.2, -0.15) is 0 Å². The average molecular weight is 430 g/mol. The van der Waals surface area contributed by atoms with Crippen molar-refractivity contribution in [1.29, 1.82) is 0 Å². The third kappa shape index (κ3) is 4.13. The fourth-order valence-corrected chi connectivity index (χ4v) is 4.97. The molecule has 2 aliphatic rings. The van der Waals surface area contributed by atoms with Crippen molar-refractivity contribution in [3.8, 4) is 21.8 Å². The zero-order valence-electron chi connectivity index (χ0n) is 15.8. The van der Waals surface area contributed by atoms with Crippen molar-refractivity contribution in [3.05, 3.63) is 46.3 Å². The molecule has 29 heavy (non-hydrogen) atoms. The van der Waals surface area contributed by atoms with E-state index in [0.29, 0.717) is 17.9 Å². The molecule has 3 heterocycles. The molecule has 1 saturated carbocycles. The molecule has 1 saturated heterocycles. The normalized spacial score (nSPS) is 17.4. The molecular formula is C21H21ClFN5S. The Kier molecular flexibility index (Phi) is 5.20. The van der Waals surface area contributed by atoms with E-state index < -0.39 is 5.82 Å². The summed E-state index contributed by atoms with van der Waals surface area (Å²) in [5.74, 6) is 0.643. The Morgan fingerprint density at radius 1 is 1.10 bits per heavy atom. The lowest BCUT2D eigenvalue weighted by Gasteiger charge is -2.20. The molecule has 0 atom stereocenters. The van der Waals surface area contributed by atoms with Crippen molar-refractivity contribution in [2.75, 3.05) is 18.4 Å². The molecule has 3 aromatic rings. The number of nitrogens with zero attached hydrogens (tertiary/aromatic N) is 3. The molecule has 1 aliphatic heterocycles. The van der Waals surface area contributed by atoms with Crippen molar-refractivity contribution >= 4 is 28.9 Å². The minimum absolute atomic E-state index is 0.101. The van der Waals surface area contributed by atoms with Gasteiger partial charge in [-0.1, -0.05) is 11.6 Å². The lowest BCUT2D eigenvalue weighted by atomic mass is 9.99. The van der Waals surface area contributed by atoms with Gasteiger partial charge in [-0.3, -0.25) is 0 Å². The van der Waals surface area contributed by atoms with Gasteiger partial charge in [0.1, 0.15) is 5.82 Å². The van der Waals surface area contributed by atoms with E-state index in [1.165, 1.54) is 6.07 Å². The number of nitrogens with one attached hydrogen (secondary N) is 2.